The second-order valence-electron chi connectivity index (χ2n) is 14.7. The standard InChI is InChI=1S/C38H48FN3O3/c1-24-8-9-30(31(39)20-24)23-41-17-12-27-21-28(10-11-29(27)22-41)32-25(2)40-26(3)33(35(36(43)44)45-37(4,5)6)34(32)42-18-15-38(16-19-42)13-7-14-38/h8-11,20-21,35H,7,12-19,22-23H2,1-6H3,(H,43,44). The number of hydrogen-bond donors (Lipinski definition) is 1. The lowest BCUT2D eigenvalue weighted by Gasteiger charge is -2.49. The summed E-state index contributed by atoms with van der Waals surface area (Å²) in [7, 11) is 0. The van der Waals surface area contributed by atoms with E-state index >= 15 is 0 Å². The summed E-state index contributed by atoms with van der Waals surface area (Å²) in [6, 6.07) is 12.1. The second-order valence-corrected chi connectivity index (χ2v) is 14.7. The number of pyridine rings is 1. The van der Waals surface area contributed by atoms with Crippen molar-refractivity contribution in [3.8, 4) is 11.1 Å². The first-order valence-corrected chi connectivity index (χ1v) is 16.6. The quantitative estimate of drug-likeness (QED) is 0.291. The van der Waals surface area contributed by atoms with Crippen LogP contribution in [-0.4, -0.2) is 46.2 Å². The van der Waals surface area contributed by atoms with E-state index in [1.54, 1.807) is 6.07 Å². The van der Waals surface area contributed by atoms with E-state index < -0.39 is 17.7 Å². The number of fused-ring (bicyclic) bond motifs is 1. The van der Waals surface area contributed by atoms with Crippen molar-refractivity contribution in [1.29, 1.82) is 0 Å². The molecule has 6 nitrogen and oxygen atoms in total. The topological polar surface area (TPSA) is 65.9 Å². The molecule has 1 spiro atoms. The molecule has 0 bridgehead atoms. The molecule has 1 unspecified atom stereocenters. The summed E-state index contributed by atoms with van der Waals surface area (Å²) >= 11 is 0. The number of halogens is 1. The van der Waals surface area contributed by atoms with Crippen LogP contribution in [0.15, 0.2) is 36.4 Å². The van der Waals surface area contributed by atoms with Gasteiger partial charge in [0.15, 0.2) is 6.10 Å². The van der Waals surface area contributed by atoms with Crippen LogP contribution in [0.4, 0.5) is 10.1 Å². The third-order valence-corrected chi connectivity index (χ3v) is 10.3. The molecule has 1 atom stereocenters. The minimum absolute atomic E-state index is 0.141. The Balaban J connectivity index is 1.39. The Bertz CT molecular complexity index is 1600. The van der Waals surface area contributed by atoms with E-state index in [0.717, 1.165) is 79.1 Å². The first kappa shape index (κ1) is 31.7. The van der Waals surface area contributed by atoms with E-state index in [0.29, 0.717) is 23.2 Å². The highest BCUT2D eigenvalue weighted by Crippen LogP contribution is 2.51. The minimum Gasteiger partial charge on any atom is -0.479 e. The summed E-state index contributed by atoms with van der Waals surface area (Å²) in [5.74, 6) is -1.13. The van der Waals surface area contributed by atoms with Gasteiger partial charge in [0.05, 0.1) is 11.3 Å². The Morgan fingerprint density at radius 1 is 1.00 bits per heavy atom. The van der Waals surface area contributed by atoms with Gasteiger partial charge < -0.3 is 14.7 Å². The normalized spacial score (nSPS) is 18.9. The molecule has 2 fully saturated rings. The van der Waals surface area contributed by atoms with E-state index in [1.807, 2.05) is 53.7 Å². The van der Waals surface area contributed by atoms with Gasteiger partial charge in [0.25, 0.3) is 0 Å². The van der Waals surface area contributed by atoms with Gasteiger partial charge in [0, 0.05) is 60.8 Å². The van der Waals surface area contributed by atoms with Crippen molar-refractivity contribution in [2.24, 2.45) is 5.41 Å². The van der Waals surface area contributed by atoms with Gasteiger partial charge in [-0.15, -0.1) is 0 Å². The maximum Gasteiger partial charge on any atom is 0.337 e. The molecule has 6 rings (SSSR count). The first-order chi connectivity index (χ1) is 21.3. The van der Waals surface area contributed by atoms with Crippen LogP contribution < -0.4 is 4.90 Å². The molecule has 3 heterocycles. The number of carboxylic acids is 1. The van der Waals surface area contributed by atoms with Crippen molar-refractivity contribution in [2.75, 3.05) is 24.5 Å². The zero-order valence-corrected chi connectivity index (χ0v) is 27.8. The predicted molar refractivity (Wildman–Crippen MR) is 177 cm³/mol. The lowest BCUT2D eigenvalue weighted by Crippen LogP contribution is -2.44. The summed E-state index contributed by atoms with van der Waals surface area (Å²) < 4.78 is 20.9. The van der Waals surface area contributed by atoms with Crippen molar-refractivity contribution in [2.45, 2.75) is 105 Å². The Morgan fingerprint density at radius 2 is 1.73 bits per heavy atom. The van der Waals surface area contributed by atoms with Gasteiger partial charge >= 0.3 is 5.97 Å². The number of aryl methyl sites for hydroxylation is 3. The molecule has 1 N–H and O–H groups in total. The van der Waals surface area contributed by atoms with E-state index in [1.165, 1.54) is 30.4 Å². The summed E-state index contributed by atoms with van der Waals surface area (Å²) in [5.41, 5.74) is 9.35. The number of nitrogens with zero attached hydrogens (tertiary/aromatic N) is 3. The summed E-state index contributed by atoms with van der Waals surface area (Å²) in [6.45, 7) is 15.6. The number of piperidine rings is 1. The average molecular weight is 614 g/mol. The van der Waals surface area contributed by atoms with Crippen LogP contribution in [0, 0.1) is 32.0 Å². The summed E-state index contributed by atoms with van der Waals surface area (Å²) in [6.07, 6.45) is 5.93. The zero-order valence-electron chi connectivity index (χ0n) is 27.8. The molecule has 2 aliphatic heterocycles. The zero-order chi connectivity index (χ0) is 32.1. The molecule has 1 aromatic heterocycles. The fraction of sp³-hybridized carbons (Fsp3) is 0.526. The van der Waals surface area contributed by atoms with Crippen molar-refractivity contribution >= 4 is 11.7 Å². The fourth-order valence-corrected chi connectivity index (χ4v) is 7.72. The smallest absolute Gasteiger partial charge is 0.337 e. The van der Waals surface area contributed by atoms with Gasteiger partial charge in [-0.05, 0) is 107 Å². The summed E-state index contributed by atoms with van der Waals surface area (Å²) in [4.78, 5) is 22.5. The molecule has 240 valence electrons. The van der Waals surface area contributed by atoms with Crippen molar-refractivity contribution < 1.29 is 19.0 Å². The number of aliphatic carboxylic acids is 1. The molecule has 3 aliphatic rings. The van der Waals surface area contributed by atoms with Crippen molar-refractivity contribution in [1.82, 2.24) is 9.88 Å². The molecule has 7 heteroatoms. The van der Waals surface area contributed by atoms with Crippen LogP contribution in [0.1, 0.15) is 98.2 Å². The number of anilines is 1. The number of benzene rings is 2. The third kappa shape index (κ3) is 6.52. The molecule has 45 heavy (non-hydrogen) atoms. The van der Waals surface area contributed by atoms with Crippen LogP contribution in [0.3, 0.4) is 0 Å². The monoisotopic (exact) mass is 613 g/mol. The van der Waals surface area contributed by atoms with Crippen LogP contribution in [0.5, 0.6) is 0 Å². The Morgan fingerprint density at radius 3 is 2.36 bits per heavy atom. The van der Waals surface area contributed by atoms with Gasteiger partial charge in [0.1, 0.15) is 5.82 Å². The van der Waals surface area contributed by atoms with Crippen molar-refractivity contribution in [3.63, 3.8) is 0 Å². The SMILES string of the molecule is Cc1ccc(CN2CCc3cc(-c4c(C)nc(C)c(C(OC(C)(C)C)C(=O)O)c4N4CCC5(CCC5)CC4)ccc3C2)c(F)c1. The van der Waals surface area contributed by atoms with Gasteiger partial charge in [-0.1, -0.05) is 36.8 Å². The lowest BCUT2D eigenvalue weighted by atomic mass is 9.63. The second kappa shape index (κ2) is 12.1. The highest BCUT2D eigenvalue weighted by molar-refractivity contribution is 5.88. The van der Waals surface area contributed by atoms with Crippen LogP contribution in [0.25, 0.3) is 11.1 Å². The largest absolute Gasteiger partial charge is 0.479 e. The molecular formula is C38H48FN3O3. The van der Waals surface area contributed by atoms with Gasteiger partial charge in [-0.2, -0.15) is 0 Å². The number of carboxylic acid groups (broad SMARTS) is 1. The molecule has 2 aromatic carbocycles. The van der Waals surface area contributed by atoms with Gasteiger partial charge in [-0.3, -0.25) is 9.88 Å². The van der Waals surface area contributed by atoms with Crippen LogP contribution in [0.2, 0.25) is 0 Å². The number of hydrogen-bond acceptors (Lipinski definition) is 5. The lowest BCUT2D eigenvalue weighted by molar-refractivity contribution is -0.160. The molecule has 0 radical (unpaired) electrons. The van der Waals surface area contributed by atoms with Gasteiger partial charge in [0.2, 0.25) is 0 Å². The maximum atomic E-state index is 14.6. The van der Waals surface area contributed by atoms with E-state index in [2.05, 4.69) is 28.0 Å². The Hall–Kier alpha value is -3.29. The maximum absolute atomic E-state index is 14.6. The van der Waals surface area contributed by atoms with Crippen LogP contribution in [-0.2, 0) is 29.0 Å². The highest BCUT2D eigenvalue weighted by Gasteiger charge is 2.42. The van der Waals surface area contributed by atoms with E-state index in [-0.39, 0.29) is 5.82 Å². The average Bonchev–Trinajstić information content (AvgIpc) is 2.96. The fourth-order valence-electron chi connectivity index (χ4n) is 7.72. The molecule has 0 amide bonds. The first-order valence-electron chi connectivity index (χ1n) is 16.6. The predicted octanol–water partition coefficient (Wildman–Crippen LogP) is 8.08. The number of ether oxygens (including phenoxy) is 1. The van der Waals surface area contributed by atoms with Crippen molar-refractivity contribution in [3.05, 3.63) is 81.4 Å². The van der Waals surface area contributed by atoms with Crippen LogP contribution >= 0.6 is 0 Å². The summed E-state index contributed by atoms with van der Waals surface area (Å²) in [5, 5.41) is 10.5. The highest BCUT2D eigenvalue weighted by atomic mass is 19.1. The Kier molecular flexibility index (Phi) is 8.55. The molecule has 1 saturated carbocycles. The molecular weight excluding hydrogens is 565 g/mol. The third-order valence-electron chi connectivity index (χ3n) is 10.3. The van der Waals surface area contributed by atoms with Gasteiger partial charge in [-0.25, -0.2) is 9.18 Å². The molecule has 3 aromatic rings. The Labute approximate surface area is 267 Å². The van der Waals surface area contributed by atoms with E-state index in [4.69, 9.17) is 9.72 Å². The minimum atomic E-state index is -1.13. The molecule has 1 saturated heterocycles. The number of rotatable bonds is 7. The number of aromatic nitrogens is 1. The number of carbonyl (C=O) groups is 1. The van der Waals surface area contributed by atoms with E-state index in [9.17, 15) is 14.3 Å². The molecule has 1 aliphatic carbocycles.